The summed E-state index contributed by atoms with van der Waals surface area (Å²) in [5, 5.41) is 9.12. The van der Waals surface area contributed by atoms with Crippen LogP contribution in [0.15, 0.2) is 4.34 Å². The van der Waals surface area contributed by atoms with Gasteiger partial charge in [0, 0.05) is 25.7 Å². The average Bonchev–Trinajstić information content (AvgIpc) is 2.61. The van der Waals surface area contributed by atoms with Crippen molar-refractivity contribution in [1.29, 1.82) is 0 Å². The summed E-state index contributed by atoms with van der Waals surface area (Å²) in [7, 11) is 3.95. The van der Waals surface area contributed by atoms with E-state index in [0.29, 0.717) is 0 Å². The maximum absolute atomic E-state index is 5.59. The van der Waals surface area contributed by atoms with Crippen molar-refractivity contribution in [3.8, 4) is 0 Å². The van der Waals surface area contributed by atoms with E-state index in [4.69, 9.17) is 11.6 Å². The van der Waals surface area contributed by atoms with Crippen LogP contribution < -0.4 is 4.90 Å². The number of hydrogen-bond acceptors (Lipinski definition) is 5. The second-order valence-corrected chi connectivity index (χ2v) is 5.67. The van der Waals surface area contributed by atoms with Crippen molar-refractivity contribution >= 4 is 39.8 Å². The second kappa shape index (κ2) is 6.48. The van der Waals surface area contributed by atoms with E-state index in [0.717, 1.165) is 33.9 Å². The van der Waals surface area contributed by atoms with E-state index in [2.05, 4.69) is 10.2 Å². The highest BCUT2D eigenvalue weighted by molar-refractivity contribution is 8.01. The molecule has 0 N–H and O–H groups in total. The molecule has 0 saturated heterocycles. The molecule has 0 amide bonds. The lowest BCUT2D eigenvalue weighted by Crippen LogP contribution is -2.07. The fourth-order valence-corrected chi connectivity index (χ4v) is 2.82. The normalized spacial score (nSPS) is 10.5. The summed E-state index contributed by atoms with van der Waals surface area (Å²) in [6.07, 6.45) is 2.22. The monoisotopic (exact) mass is 251 g/mol. The van der Waals surface area contributed by atoms with Crippen molar-refractivity contribution in [2.45, 2.75) is 17.2 Å². The Bertz CT molecular complexity index is 265. The third-order valence-corrected chi connectivity index (χ3v) is 4.11. The molecule has 1 rings (SSSR count). The van der Waals surface area contributed by atoms with Gasteiger partial charge < -0.3 is 4.90 Å². The van der Waals surface area contributed by atoms with Crippen molar-refractivity contribution in [2.24, 2.45) is 0 Å². The maximum Gasteiger partial charge on any atom is 0.208 e. The Balaban J connectivity index is 2.29. The van der Waals surface area contributed by atoms with Gasteiger partial charge in [0.1, 0.15) is 0 Å². The van der Waals surface area contributed by atoms with Crippen LogP contribution in [0.1, 0.15) is 12.8 Å². The molecule has 0 atom stereocenters. The molecule has 0 fully saturated rings. The highest BCUT2D eigenvalue weighted by Gasteiger charge is 2.05. The molecule has 1 heterocycles. The van der Waals surface area contributed by atoms with Crippen LogP contribution in [0.5, 0.6) is 0 Å². The zero-order valence-corrected chi connectivity index (χ0v) is 10.8. The van der Waals surface area contributed by atoms with Gasteiger partial charge in [0.15, 0.2) is 4.34 Å². The minimum absolute atomic E-state index is 0.750. The minimum Gasteiger partial charge on any atom is -0.353 e. The molecule has 0 aliphatic heterocycles. The topological polar surface area (TPSA) is 29.0 Å². The van der Waals surface area contributed by atoms with Crippen molar-refractivity contribution in [3.63, 3.8) is 0 Å². The Hall–Kier alpha value is -0.0000000000000000278. The van der Waals surface area contributed by atoms with Gasteiger partial charge in [-0.05, 0) is 12.8 Å². The molecule has 0 aliphatic carbocycles. The first kappa shape index (κ1) is 12.1. The largest absolute Gasteiger partial charge is 0.353 e. The van der Waals surface area contributed by atoms with Crippen LogP contribution in [-0.4, -0.2) is 35.9 Å². The Morgan fingerprint density at radius 3 is 2.71 bits per heavy atom. The lowest BCUT2D eigenvalue weighted by molar-refractivity contribution is 0.900. The Morgan fingerprint density at radius 1 is 1.36 bits per heavy atom. The summed E-state index contributed by atoms with van der Waals surface area (Å²) in [4.78, 5) is 1.97. The highest BCUT2D eigenvalue weighted by atomic mass is 35.5. The van der Waals surface area contributed by atoms with E-state index in [1.807, 2.05) is 19.0 Å². The van der Waals surface area contributed by atoms with Crippen LogP contribution in [0.4, 0.5) is 5.13 Å². The van der Waals surface area contributed by atoms with Crippen molar-refractivity contribution in [2.75, 3.05) is 30.6 Å². The molecule has 6 heteroatoms. The number of halogens is 1. The van der Waals surface area contributed by atoms with Gasteiger partial charge in [-0.15, -0.1) is 21.8 Å². The van der Waals surface area contributed by atoms with E-state index < -0.39 is 0 Å². The first-order valence-corrected chi connectivity index (χ1v) is 6.77. The molecule has 0 spiro atoms. The molecule has 0 aromatic carbocycles. The summed E-state index contributed by atoms with van der Waals surface area (Å²) in [5.41, 5.74) is 0. The third-order valence-electron chi connectivity index (χ3n) is 1.53. The van der Waals surface area contributed by atoms with E-state index in [-0.39, 0.29) is 0 Å². The quantitative estimate of drug-likeness (QED) is 0.442. The van der Waals surface area contributed by atoms with Gasteiger partial charge >= 0.3 is 0 Å². The summed E-state index contributed by atoms with van der Waals surface area (Å²) in [5.74, 6) is 1.83. The zero-order valence-electron chi connectivity index (χ0n) is 8.36. The number of aromatic nitrogens is 2. The third kappa shape index (κ3) is 4.02. The van der Waals surface area contributed by atoms with Gasteiger partial charge in [-0.1, -0.05) is 23.1 Å². The smallest absolute Gasteiger partial charge is 0.208 e. The number of unbranched alkanes of at least 4 members (excludes halogenated alkanes) is 1. The van der Waals surface area contributed by atoms with Crippen molar-refractivity contribution in [3.05, 3.63) is 0 Å². The maximum atomic E-state index is 5.59. The number of rotatable bonds is 6. The molecular formula is C8H14ClN3S2. The van der Waals surface area contributed by atoms with E-state index in [1.165, 1.54) is 0 Å². The minimum atomic E-state index is 0.750. The second-order valence-electron chi connectivity index (χ2n) is 2.99. The molecule has 14 heavy (non-hydrogen) atoms. The van der Waals surface area contributed by atoms with Crippen LogP contribution in [0, 0.1) is 0 Å². The molecule has 0 saturated carbocycles. The molecule has 0 unspecified atom stereocenters. The molecular weight excluding hydrogens is 238 g/mol. The number of alkyl halides is 1. The van der Waals surface area contributed by atoms with Crippen LogP contribution in [0.3, 0.4) is 0 Å². The Labute approximate surface area is 97.9 Å². The van der Waals surface area contributed by atoms with Crippen LogP contribution >= 0.6 is 34.7 Å². The standard InChI is InChI=1S/C8H14ClN3S2/c1-12(2)7-10-11-8(14-7)13-6-4-3-5-9/h3-6H2,1-2H3. The number of hydrogen-bond donors (Lipinski definition) is 0. The van der Waals surface area contributed by atoms with E-state index in [9.17, 15) is 0 Å². The first-order valence-electron chi connectivity index (χ1n) is 4.43. The van der Waals surface area contributed by atoms with Gasteiger partial charge in [-0.3, -0.25) is 0 Å². The lowest BCUT2D eigenvalue weighted by atomic mass is 10.4. The van der Waals surface area contributed by atoms with Gasteiger partial charge in [0.05, 0.1) is 0 Å². The SMILES string of the molecule is CN(C)c1nnc(SCCCCCl)s1. The van der Waals surface area contributed by atoms with Crippen LogP contribution in [0.25, 0.3) is 0 Å². The van der Waals surface area contributed by atoms with Crippen LogP contribution in [0.2, 0.25) is 0 Å². The Morgan fingerprint density at radius 2 is 2.14 bits per heavy atom. The fraction of sp³-hybridized carbons (Fsp3) is 0.750. The van der Waals surface area contributed by atoms with Crippen molar-refractivity contribution in [1.82, 2.24) is 10.2 Å². The van der Waals surface area contributed by atoms with Gasteiger partial charge in [0.25, 0.3) is 0 Å². The molecule has 0 aliphatic rings. The molecule has 80 valence electrons. The summed E-state index contributed by atoms with van der Waals surface area (Å²) < 4.78 is 1.04. The first-order chi connectivity index (χ1) is 6.74. The fourth-order valence-electron chi connectivity index (χ4n) is 0.798. The van der Waals surface area contributed by atoms with Gasteiger partial charge in [0.2, 0.25) is 5.13 Å². The predicted molar refractivity (Wildman–Crippen MR) is 64.9 cm³/mol. The van der Waals surface area contributed by atoms with Gasteiger partial charge in [-0.2, -0.15) is 0 Å². The lowest BCUT2D eigenvalue weighted by Gasteiger charge is -2.03. The molecule has 1 aromatic heterocycles. The number of anilines is 1. The van der Waals surface area contributed by atoms with Crippen LogP contribution in [-0.2, 0) is 0 Å². The highest BCUT2D eigenvalue weighted by Crippen LogP contribution is 2.27. The number of nitrogens with zero attached hydrogens (tertiary/aromatic N) is 3. The molecule has 3 nitrogen and oxygen atoms in total. The summed E-state index contributed by atoms with van der Waals surface area (Å²) in [6, 6.07) is 0. The molecule has 0 radical (unpaired) electrons. The predicted octanol–water partition coefficient (Wildman–Crippen LogP) is 2.72. The molecule has 0 bridgehead atoms. The average molecular weight is 252 g/mol. The van der Waals surface area contributed by atoms with Gasteiger partial charge in [-0.25, -0.2) is 0 Å². The summed E-state index contributed by atoms with van der Waals surface area (Å²) >= 11 is 8.98. The van der Waals surface area contributed by atoms with E-state index >= 15 is 0 Å². The zero-order chi connectivity index (χ0) is 10.4. The van der Waals surface area contributed by atoms with E-state index in [1.54, 1.807) is 23.1 Å². The Kier molecular flexibility index (Phi) is 5.59. The number of thioether (sulfide) groups is 1. The van der Waals surface area contributed by atoms with Crippen molar-refractivity contribution < 1.29 is 0 Å². The summed E-state index contributed by atoms with van der Waals surface area (Å²) in [6.45, 7) is 0. The molecule has 1 aromatic rings.